The number of piperidine rings is 1. The van der Waals surface area contributed by atoms with Crippen LogP contribution in [-0.4, -0.2) is 29.1 Å². The van der Waals surface area contributed by atoms with E-state index in [0.29, 0.717) is 23.0 Å². The fourth-order valence-corrected chi connectivity index (χ4v) is 3.43. The number of nitrogens with one attached hydrogen (secondary N) is 1. The number of ether oxygens (including phenoxy) is 1. The van der Waals surface area contributed by atoms with Crippen molar-refractivity contribution in [3.05, 3.63) is 65.8 Å². The summed E-state index contributed by atoms with van der Waals surface area (Å²) in [6.45, 7) is 4.03. The molecule has 0 saturated carbocycles. The van der Waals surface area contributed by atoms with Crippen molar-refractivity contribution in [2.45, 2.75) is 32.8 Å². The van der Waals surface area contributed by atoms with E-state index in [1.807, 2.05) is 18.2 Å². The number of carbonyl (C=O) groups is 1. The summed E-state index contributed by atoms with van der Waals surface area (Å²) in [6, 6.07) is 15.1. The number of carbonyl (C=O) groups excluding carboxylic acids is 1. The SMILES string of the molecule is Cc1nc(COc2ccccc2C(=O)Nc2ccc(N3CCCCC3)cc2)no1. The van der Waals surface area contributed by atoms with E-state index in [0.717, 1.165) is 18.8 Å². The van der Waals surface area contributed by atoms with Crippen LogP contribution in [0.1, 0.15) is 41.3 Å². The molecule has 29 heavy (non-hydrogen) atoms. The molecule has 1 amide bonds. The number of hydrogen-bond donors (Lipinski definition) is 1. The number of hydrogen-bond acceptors (Lipinski definition) is 6. The highest BCUT2D eigenvalue weighted by atomic mass is 16.5. The van der Waals surface area contributed by atoms with Crippen molar-refractivity contribution in [2.75, 3.05) is 23.3 Å². The normalized spacial score (nSPS) is 13.9. The van der Waals surface area contributed by atoms with E-state index >= 15 is 0 Å². The first-order chi connectivity index (χ1) is 14.2. The van der Waals surface area contributed by atoms with E-state index in [9.17, 15) is 4.79 Å². The second-order valence-corrected chi connectivity index (χ2v) is 7.06. The van der Waals surface area contributed by atoms with Gasteiger partial charge in [-0.3, -0.25) is 4.79 Å². The fourth-order valence-electron chi connectivity index (χ4n) is 3.43. The third-order valence-corrected chi connectivity index (χ3v) is 4.90. The second kappa shape index (κ2) is 8.77. The van der Waals surface area contributed by atoms with Gasteiger partial charge in [0, 0.05) is 31.4 Å². The van der Waals surface area contributed by atoms with Gasteiger partial charge in [0.05, 0.1) is 5.56 Å². The first kappa shape index (κ1) is 19.0. The highest BCUT2D eigenvalue weighted by molar-refractivity contribution is 6.06. The molecule has 2 aromatic carbocycles. The number of aryl methyl sites for hydroxylation is 1. The van der Waals surface area contributed by atoms with Crippen LogP contribution >= 0.6 is 0 Å². The van der Waals surface area contributed by atoms with E-state index in [1.54, 1.807) is 25.1 Å². The summed E-state index contributed by atoms with van der Waals surface area (Å²) in [5, 5.41) is 6.75. The van der Waals surface area contributed by atoms with Gasteiger partial charge in [0.15, 0.2) is 6.61 Å². The van der Waals surface area contributed by atoms with Crippen LogP contribution in [0.2, 0.25) is 0 Å². The van der Waals surface area contributed by atoms with E-state index < -0.39 is 0 Å². The van der Waals surface area contributed by atoms with Gasteiger partial charge in [-0.15, -0.1) is 0 Å². The van der Waals surface area contributed by atoms with Gasteiger partial charge in [-0.1, -0.05) is 17.3 Å². The number of para-hydroxylation sites is 1. The Kier molecular flexibility index (Phi) is 5.74. The summed E-state index contributed by atoms with van der Waals surface area (Å²) in [4.78, 5) is 19.3. The summed E-state index contributed by atoms with van der Waals surface area (Å²) in [5.41, 5.74) is 2.40. The quantitative estimate of drug-likeness (QED) is 0.677. The van der Waals surface area contributed by atoms with Crippen molar-refractivity contribution in [1.82, 2.24) is 10.1 Å². The Balaban J connectivity index is 1.41. The van der Waals surface area contributed by atoms with Crippen molar-refractivity contribution in [3.8, 4) is 5.75 Å². The number of aromatic nitrogens is 2. The molecule has 2 heterocycles. The molecule has 1 saturated heterocycles. The van der Waals surface area contributed by atoms with Gasteiger partial charge in [0.1, 0.15) is 5.75 Å². The van der Waals surface area contributed by atoms with Crippen LogP contribution in [0, 0.1) is 6.92 Å². The lowest BCUT2D eigenvalue weighted by Crippen LogP contribution is -2.29. The van der Waals surface area contributed by atoms with Gasteiger partial charge in [-0.2, -0.15) is 4.98 Å². The molecule has 150 valence electrons. The molecule has 1 N–H and O–H groups in total. The average molecular weight is 392 g/mol. The van der Waals surface area contributed by atoms with E-state index in [4.69, 9.17) is 9.26 Å². The molecule has 7 nitrogen and oxygen atoms in total. The van der Waals surface area contributed by atoms with Gasteiger partial charge < -0.3 is 19.5 Å². The molecule has 0 spiro atoms. The summed E-state index contributed by atoms with van der Waals surface area (Å²) in [6.07, 6.45) is 3.77. The molecular formula is C22H24N4O3. The Morgan fingerprint density at radius 3 is 2.59 bits per heavy atom. The van der Waals surface area contributed by atoms with Crippen LogP contribution in [0.3, 0.4) is 0 Å². The Bertz CT molecular complexity index is 962. The summed E-state index contributed by atoms with van der Waals surface area (Å²) >= 11 is 0. The van der Waals surface area contributed by atoms with Crippen molar-refractivity contribution < 1.29 is 14.1 Å². The van der Waals surface area contributed by atoms with E-state index in [2.05, 4.69) is 32.5 Å². The maximum atomic E-state index is 12.8. The zero-order valence-electron chi connectivity index (χ0n) is 16.4. The molecule has 0 unspecified atom stereocenters. The van der Waals surface area contributed by atoms with E-state index in [1.165, 1.54) is 24.9 Å². The summed E-state index contributed by atoms with van der Waals surface area (Å²) < 4.78 is 10.7. The van der Waals surface area contributed by atoms with Gasteiger partial charge in [0.2, 0.25) is 11.7 Å². The minimum absolute atomic E-state index is 0.131. The molecule has 1 aliphatic heterocycles. The van der Waals surface area contributed by atoms with Crippen molar-refractivity contribution >= 4 is 17.3 Å². The van der Waals surface area contributed by atoms with Gasteiger partial charge in [0.25, 0.3) is 5.91 Å². The average Bonchev–Trinajstić information content (AvgIpc) is 3.19. The number of nitrogens with zero attached hydrogens (tertiary/aromatic N) is 3. The lowest BCUT2D eigenvalue weighted by molar-refractivity contribution is 0.102. The molecule has 3 aromatic rings. The smallest absolute Gasteiger partial charge is 0.259 e. The summed E-state index contributed by atoms with van der Waals surface area (Å²) in [7, 11) is 0. The number of benzene rings is 2. The molecule has 0 aliphatic carbocycles. The molecule has 4 rings (SSSR count). The van der Waals surface area contributed by atoms with Crippen LogP contribution < -0.4 is 15.0 Å². The van der Waals surface area contributed by atoms with Crippen molar-refractivity contribution in [2.24, 2.45) is 0 Å². The lowest BCUT2D eigenvalue weighted by atomic mass is 10.1. The zero-order chi connectivity index (χ0) is 20.1. The number of rotatable bonds is 6. The van der Waals surface area contributed by atoms with Gasteiger partial charge in [-0.05, 0) is 55.7 Å². The highest BCUT2D eigenvalue weighted by Gasteiger charge is 2.15. The van der Waals surface area contributed by atoms with Gasteiger partial charge in [-0.25, -0.2) is 0 Å². The number of amides is 1. The molecule has 1 aliphatic rings. The van der Waals surface area contributed by atoms with Crippen LogP contribution in [0.15, 0.2) is 53.1 Å². The van der Waals surface area contributed by atoms with Crippen LogP contribution in [-0.2, 0) is 6.61 Å². The third kappa shape index (κ3) is 4.74. The van der Waals surface area contributed by atoms with Crippen LogP contribution in [0.25, 0.3) is 0 Å². The maximum Gasteiger partial charge on any atom is 0.259 e. The van der Waals surface area contributed by atoms with Gasteiger partial charge >= 0.3 is 0 Å². The zero-order valence-corrected chi connectivity index (χ0v) is 16.4. The predicted octanol–water partition coefficient (Wildman–Crippen LogP) is 4.20. The molecule has 7 heteroatoms. The minimum atomic E-state index is -0.226. The molecule has 0 atom stereocenters. The molecule has 1 fully saturated rings. The maximum absolute atomic E-state index is 12.8. The van der Waals surface area contributed by atoms with Crippen molar-refractivity contribution in [3.63, 3.8) is 0 Å². The summed E-state index contributed by atoms with van der Waals surface area (Å²) in [5.74, 6) is 1.15. The topological polar surface area (TPSA) is 80.5 Å². The molecular weight excluding hydrogens is 368 g/mol. The van der Waals surface area contributed by atoms with Crippen molar-refractivity contribution in [1.29, 1.82) is 0 Å². The monoisotopic (exact) mass is 392 g/mol. The highest BCUT2D eigenvalue weighted by Crippen LogP contribution is 2.24. The standard InChI is InChI=1S/C22H24N4O3/c1-16-23-21(25-29-16)15-28-20-8-4-3-7-19(20)22(27)24-17-9-11-18(12-10-17)26-13-5-2-6-14-26/h3-4,7-12H,2,5-6,13-15H2,1H3,(H,24,27). The molecule has 0 radical (unpaired) electrons. The lowest BCUT2D eigenvalue weighted by Gasteiger charge is -2.28. The third-order valence-electron chi connectivity index (χ3n) is 4.90. The first-order valence-corrected chi connectivity index (χ1v) is 9.86. The molecule has 0 bridgehead atoms. The first-order valence-electron chi connectivity index (χ1n) is 9.86. The Hall–Kier alpha value is -3.35. The Morgan fingerprint density at radius 2 is 1.86 bits per heavy atom. The fraction of sp³-hybridized carbons (Fsp3) is 0.318. The van der Waals surface area contributed by atoms with E-state index in [-0.39, 0.29) is 12.5 Å². The Morgan fingerprint density at radius 1 is 1.10 bits per heavy atom. The van der Waals surface area contributed by atoms with Crippen LogP contribution in [0.5, 0.6) is 5.75 Å². The predicted molar refractivity (Wildman–Crippen MR) is 110 cm³/mol. The second-order valence-electron chi connectivity index (χ2n) is 7.06. The molecule has 1 aromatic heterocycles. The largest absolute Gasteiger partial charge is 0.485 e. The number of anilines is 2. The minimum Gasteiger partial charge on any atom is -0.485 e. The van der Waals surface area contributed by atoms with Crippen LogP contribution in [0.4, 0.5) is 11.4 Å². The Labute approximate surface area is 169 Å².